The summed E-state index contributed by atoms with van der Waals surface area (Å²) < 4.78 is 10.3. The summed E-state index contributed by atoms with van der Waals surface area (Å²) >= 11 is 0. The summed E-state index contributed by atoms with van der Waals surface area (Å²) in [4.78, 5) is 24.2. The van der Waals surface area contributed by atoms with Crippen molar-refractivity contribution in [3.05, 3.63) is 48.0 Å². The van der Waals surface area contributed by atoms with Crippen molar-refractivity contribution < 1.29 is 19.1 Å². The minimum atomic E-state index is -1.11. The van der Waals surface area contributed by atoms with Crippen molar-refractivity contribution in [1.82, 2.24) is 5.32 Å². The van der Waals surface area contributed by atoms with Gasteiger partial charge < -0.3 is 14.8 Å². The van der Waals surface area contributed by atoms with Gasteiger partial charge in [-0.3, -0.25) is 0 Å². The van der Waals surface area contributed by atoms with Crippen molar-refractivity contribution >= 4 is 12.1 Å². The molecule has 1 amide bonds. The molecule has 118 valence electrons. The molecule has 0 heterocycles. The van der Waals surface area contributed by atoms with Crippen LogP contribution in [0.1, 0.15) is 31.7 Å². The Morgan fingerprint density at radius 3 is 2.64 bits per heavy atom. The second-order valence-electron chi connectivity index (χ2n) is 5.17. The van der Waals surface area contributed by atoms with Crippen molar-refractivity contribution in [1.29, 1.82) is 0 Å². The number of allylic oxidation sites excluding steroid dienone is 1. The van der Waals surface area contributed by atoms with Gasteiger partial charge in [0, 0.05) is 0 Å². The molecule has 1 atom stereocenters. The first kappa shape index (κ1) is 16.1. The first-order chi connectivity index (χ1) is 10.7. The van der Waals surface area contributed by atoms with Gasteiger partial charge in [0.05, 0.1) is 6.61 Å². The number of carbonyl (C=O) groups excluding carboxylic acids is 2. The first-order valence-corrected chi connectivity index (χ1v) is 7.50. The summed E-state index contributed by atoms with van der Waals surface area (Å²) in [7, 11) is 0. The van der Waals surface area contributed by atoms with E-state index in [0.717, 1.165) is 18.4 Å². The van der Waals surface area contributed by atoms with Crippen LogP contribution in [0.25, 0.3) is 0 Å². The Morgan fingerprint density at radius 2 is 2.00 bits per heavy atom. The normalized spacial score (nSPS) is 20.2. The second kappa shape index (κ2) is 7.64. The maximum Gasteiger partial charge on any atom is 0.408 e. The molecule has 5 heteroatoms. The van der Waals surface area contributed by atoms with E-state index in [0.29, 0.717) is 6.42 Å². The summed E-state index contributed by atoms with van der Waals surface area (Å²) in [5.74, 6) is -0.442. The number of carbonyl (C=O) groups is 2. The van der Waals surface area contributed by atoms with Crippen molar-refractivity contribution in [2.75, 3.05) is 6.61 Å². The van der Waals surface area contributed by atoms with Gasteiger partial charge in [0.2, 0.25) is 0 Å². The van der Waals surface area contributed by atoms with Crippen LogP contribution in [-0.2, 0) is 20.9 Å². The van der Waals surface area contributed by atoms with E-state index < -0.39 is 17.6 Å². The Bertz CT molecular complexity index is 541. The number of ether oxygens (including phenoxy) is 2. The number of alkyl carbamates (subject to hydrolysis) is 1. The Hall–Kier alpha value is -2.30. The molecule has 0 aliphatic heterocycles. The highest BCUT2D eigenvalue weighted by atomic mass is 16.6. The molecule has 1 N–H and O–H groups in total. The van der Waals surface area contributed by atoms with Crippen molar-refractivity contribution in [2.45, 2.75) is 38.3 Å². The molecule has 1 aliphatic carbocycles. The lowest BCUT2D eigenvalue weighted by Crippen LogP contribution is -2.54. The van der Waals surface area contributed by atoms with E-state index in [-0.39, 0.29) is 13.2 Å². The van der Waals surface area contributed by atoms with Crippen LogP contribution in [0, 0.1) is 0 Å². The highest BCUT2D eigenvalue weighted by Gasteiger charge is 2.40. The molecule has 1 aromatic rings. The van der Waals surface area contributed by atoms with Gasteiger partial charge in [-0.15, -0.1) is 0 Å². The Kier molecular flexibility index (Phi) is 5.58. The predicted octanol–water partition coefficient (Wildman–Crippen LogP) is 2.95. The molecular formula is C17H21NO4. The van der Waals surface area contributed by atoms with Crippen LogP contribution in [-0.4, -0.2) is 24.2 Å². The number of hydrogen-bond donors (Lipinski definition) is 1. The number of esters is 1. The predicted molar refractivity (Wildman–Crippen MR) is 82.1 cm³/mol. The Morgan fingerprint density at radius 1 is 1.23 bits per heavy atom. The third kappa shape index (κ3) is 4.10. The molecule has 1 aromatic carbocycles. The van der Waals surface area contributed by atoms with E-state index >= 15 is 0 Å². The fourth-order valence-electron chi connectivity index (χ4n) is 2.39. The molecule has 22 heavy (non-hydrogen) atoms. The van der Waals surface area contributed by atoms with Gasteiger partial charge in [-0.25, -0.2) is 9.59 Å². The minimum absolute atomic E-state index is 0.162. The second-order valence-corrected chi connectivity index (χ2v) is 5.17. The van der Waals surface area contributed by atoms with E-state index in [1.54, 1.807) is 13.0 Å². The van der Waals surface area contributed by atoms with Gasteiger partial charge in [0.15, 0.2) is 5.54 Å². The number of benzene rings is 1. The number of nitrogens with one attached hydrogen (secondary N) is 1. The number of amides is 1. The Balaban J connectivity index is 1.98. The summed E-state index contributed by atoms with van der Waals surface area (Å²) in [6.45, 7) is 2.18. The maximum atomic E-state index is 12.2. The quantitative estimate of drug-likeness (QED) is 0.671. The average Bonchev–Trinajstić information content (AvgIpc) is 2.55. The minimum Gasteiger partial charge on any atom is -0.464 e. The first-order valence-electron chi connectivity index (χ1n) is 7.50. The highest BCUT2D eigenvalue weighted by Crippen LogP contribution is 2.24. The van der Waals surface area contributed by atoms with E-state index in [9.17, 15) is 9.59 Å². The van der Waals surface area contributed by atoms with Crippen LogP contribution >= 0.6 is 0 Å². The largest absolute Gasteiger partial charge is 0.464 e. The SMILES string of the molecule is CCOC(=O)[C@@]1(NC(=O)OCc2ccccc2)C=CCCC1. The number of hydrogen-bond acceptors (Lipinski definition) is 4. The summed E-state index contributed by atoms with van der Waals surface area (Å²) in [6, 6.07) is 9.39. The van der Waals surface area contributed by atoms with Crippen LogP contribution in [0.2, 0.25) is 0 Å². The molecule has 0 saturated heterocycles. The molecule has 0 spiro atoms. The van der Waals surface area contributed by atoms with Crippen LogP contribution in [0.4, 0.5) is 4.79 Å². The third-order valence-corrected chi connectivity index (χ3v) is 3.52. The molecule has 0 aromatic heterocycles. The standard InChI is InChI=1S/C17H21NO4/c1-2-21-15(19)17(11-7-4-8-12-17)18-16(20)22-13-14-9-5-3-6-10-14/h3,5-7,9-11H,2,4,8,12-13H2,1H3,(H,18,20)/t17-/m1/s1. The molecule has 0 saturated carbocycles. The van der Waals surface area contributed by atoms with Crippen LogP contribution in [0.5, 0.6) is 0 Å². The van der Waals surface area contributed by atoms with Gasteiger partial charge >= 0.3 is 12.1 Å². The van der Waals surface area contributed by atoms with Gasteiger partial charge in [0.1, 0.15) is 6.61 Å². The van der Waals surface area contributed by atoms with E-state index in [1.165, 1.54) is 0 Å². The van der Waals surface area contributed by atoms with Gasteiger partial charge in [-0.05, 0) is 31.7 Å². The van der Waals surface area contributed by atoms with Crippen molar-refractivity contribution in [2.24, 2.45) is 0 Å². The van der Waals surface area contributed by atoms with Crippen molar-refractivity contribution in [3.8, 4) is 0 Å². The fourth-order valence-corrected chi connectivity index (χ4v) is 2.39. The fraction of sp³-hybridized carbons (Fsp3) is 0.412. The van der Waals surface area contributed by atoms with E-state index in [4.69, 9.17) is 9.47 Å². The summed E-state index contributed by atoms with van der Waals surface area (Å²) in [6.07, 6.45) is 5.19. The summed E-state index contributed by atoms with van der Waals surface area (Å²) in [5, 5.41) is 2.66. The molecule has 5 nitrogen and oxygen atoms in total. The zero-order valence-corrected chi connectivity index (χ0v) is 12.7. The van der Waals surface area contributed by atoms with Crippen LogP contribution < -0.4 is 5.32 Å². The van der Waals surface area contributed by atoms with E-state index in [1.807, 2.05) is 36.4 Å². The molecule has 0 unspecified atom stereocenters. The lowest BCUT2D eigenvalue weighted by Gasteiger charge is -2.31. The average molecular weight is 303 g/mol. The van der Waals surface area contributed by atoms with E-state index in [2.05, 4.69) is 5.32 Å². The van der Waals surface area contributed by atoms with Gasteiger partial charge in [0.25, 0.3) is 0 Å². The van der Waals surface area contributed by atoms with Crippen LogP contribution in [0.3, 0.4) is 0 Å². The molecule has 2 rings (SSSR count). The van der Waals surface area contributed by atoms with Crippen LogP contribution in [0.15, 0.2) is 42.5 Å². The monoisotopic (exact) mass is 303 g/mol. The smallest absolute Gasteiger partial charge is 0.408 e. The summed E-state index contributed by atoms with van der Waals surface area (Å²) in [5.41, 5.74) is -0.218. The highest BCUT2D eigenvalue weighted by molar-refractivity contribution is 5.88. The van der Waals surface area contributed by atoms with Gasteiger partial charge in [-0.1, -0.05) is 42.5 Å². The lowest BCUT2D eigenvalue weighted by molar-refractivity contribution is -0.149. The van der Waals surface area contributed by atoms with Gasteiger partial charge in [-0.2, -0.15) is 0 Å². The number of rotatable bonds is 5. The Labute approximate surface area is 130 Å². The molecular weight excluding hydrogens is 282 g/mol. The molecule has 0 radical (unpaired) electrons. The lowest BCUT2D eigenvalue weighted by atomic mass is 9.87. The molecule has 0 bridgehead atoms. The topological polar surface area (TPSA) is 64.6 Å². The van der Waals surface area contributed by atoms with Crippen molar-refractivity contribution in [3.63, 3.8) is 0 Å². The zero-order valence-electron chi connectivity index (χ0n) is 12.7. The molecule has 0 fully saturated rings. The molecule has 1 aliphatic rings. The maximum absolute atomic E-state index is 12.2. The third-order valence-electron chi connectivity index (χ3n) is 3.52. The zero-order chi connectivity index (χ0) is 15.8.